The first-order valence-corrected chi connectivity index (χ1v) is 7.57. The van der Waals surface area contributed by atoms with Crippen LogP contribution in [0.5, 0.6) is 0 Å². The van der Waals surface area contributed by atoms with Gasteiger partial charge in [0.1, 0.15) is 0 Å². The zero-order chi connectivity index (χ0) is 20.8. The first kappa shape index (κ1) is 24.4. The highest BCUT2D eigenvalue weighted by atomic mass is 19.4. The van der Waals surface area contributed by atoms with Crippen molar-refractivity contribution in [2.24, 2.45) is 0 Å². The fourth-order valence-corrected chi connectivity index (χ4v) is 1.45. The molecule has 0 unspecified atom stereocenters. The van der Waals surface area contributed by atoms with Gasteiger partial charge < -0.3 is 9.47 Å². The van der Waals surface area contributed by atoms with Crippen LogP contribution in [0.25, 0.3) is 0 Å². The van der Waals surface area contributed by atoms with Crippen molar-refractivity contribution in [3.63, 3.8) is 0 Å². The lowest BCUT2D eigenvalue weighted by atomic mass is 9.98. The third-order valence-corrected chi connectivity index (χ3v) is 3.16. The molecular weight excluding hydrogens is 384 g/mol. The topological polar surface area (TPSA) is 52.6 Å². The Balaban J connectivity index is 5.55. The Labute approximate surface area is 143 Å². The molecule has 0 aromatic heterocycles. The maximum Gasteiger partial charge on any atom is 0.411 e. The summed E-state index contributed by atoms with van der Waals surface area (Å²) in [4.78, 5) is 22.0. The molecule has 0 N–H and O–H groups in total. The van der Waals surface area contributed by atoms with Gasteiger partial charge in [-0.05, 0) is 12.8 Å². The second-order valence-electron chi connectivity index (χ2n) is 5.28. The summed E-state index contributed by atoms with van der Waals surface area (Å²) in [6.45, 7) is 1.42. The molecule has 12 heteroatoms. The van der Waals surface area contributed by atoms with Crippen LogP contribution < -0.4 is 0 Å². The number of ether oxygens (including phenoxy) is 2. The van der Waals surface area contributed by atoms with Crippen molar-refractivity contribution < 1.29 is 54.2 Å². The minimum Gasteiger partial charge on any atom is -0.461 e. The molecule has 0 amide bonds. The number of halogens is 8. The average molecular weight is 402 g/mol. The number of esters is 2. The van der Waals surface area contributed by atoms with Gasteiger partial charge >= 0.3 is 35.6 Å². The number of unbranched alkanes of at least 4 members (excludes halogenated alkanes) is 2. The van der Waals surface area contributed by atoms with Crippen LogP contribution in [0, 0.1) is 0 Å². The summed E-state index contributed by atoms with van der Waals surface area (Å²) < 4.78 is 115. The summed E-state index contributed by atoms with van der Waals surface area (Å²) >= 11 is 0. The maximum atomic E-state index is 13.5. The molecule has 0 aromatic carbocycles. The Hall–Kier alpha value is -1.62. The fourth-order valence-electron chi connectivity index (χ4n) is 1.45. The average Bonchev–Trinajstić information content (AvgIpc) is 2.54. The summed E-state index contributed by atoms with van der Waals surface area (Å²) in [5.41, 5.74) is 0. The molecule has 0 aromatic rings. The molecule has 0 radical (unpaired) electrons. The second-order valence-corrected chi connectivity index (χ2v) is 5.28. The summed E-state index contributed by atoms with van der Waals surface area (Å²) in [5, 5.41) is 0. The standard InChI is InChI=1S/C14H18F8O4/c1-3-5-7-25-9(23)11(15,16)13(19,20)14(21,22)12(17,18)10(24)26-8-6-4-2/h3-8H2,1-2H3. The predicted molar refractivity (Wildman–Crippen MR) is 71.5 cm³/mol. The molecule has 0 bridgehead atoms. The Morgan fingerprint density at radius 2 is 0.923 bits per heavy atom. The van der Waals surface area contributed by atoms with E-state index >= 15 is 0 Å². The smallest absolute Gasteiger partial charge is 0.411 e. The predicted octanol–water partition coefficient (Wildman–Crippen LogP) is 4.21. The van der Waals surface area contributed by atoms with E-state index in [0.29, 0.717) is 0 Å². The molecule has 0 saturated heterocycles. The largest absolute Gasteiger partial charge is 0.461 e. The van der Waals surface area contributed by atoms with E-state index in [9.17, 15) is 44.7 Å². The van der Waals surface area contributed by atoms with Gasteiger partial charge in [-0.25, -0.2) is 9.59 Å². The number of carbonyl (C=O) groups excluding carboxylic acids is 2. The molecule has 0 heterocycles. The van der Waals surface area contributed by atoms with E-state index in [1.807, 2.05) is 0 Å². The first-order valence-electron chi connectivity index (χ1n) is 7.57. The molecule has 0 fully saturated rings. The number of hydrogen-bond donors (Lipinski definition) is 0. The van der Waals surface area contributed by atoms with E-state index in [1.54, 1.807) is 0 Å². The molecule has 26 heavy (non-hydrogen) atoms. The van der Waals surface area contributed by atoms with Crippen LogP contribution in [0.4, 0.5) is 35.1 Å². The third kappa shape index (κ3) is 4.56. The highest BCUT2D eigenvalue weighted by Crippen LogP contribution is 2.53. The normalized spacial score (nSPS) is 13.5. The molecule has 0 aliphatic rings. The lowest BCUT2D eigenvalue weighted by Crippen LogP contribution is -2.66. The number of carbonyl (C=O) groups is 2. The van der Waals surface area contributed by atoms with Crippen LogP contribution in [0.2, 0.25) is 0 Å². The number of hydrogen-bond acceptors (Lipinski definition) is 4. The zero-order valence-corrected chi connectivity index (χ0v) is 13.9. The van der Waals surface area contributed by atoms with Crippen LogP contribution in [-0.2, 0) is 19.1 Å². The van der Waals surface area contributed by atoms with E-state index in [0.717, 1.165) is 0 Å². The van der Waals surface area contributed by atoms with Crippen molar-refractivity contribution in [2.75, 3.05) is 13.2 Å². The van der Waals surface area contributed by atoms with Gasteiger partial charge in [-0.3, -0.25) is 0 Å². The SMILES string of the molecule is CCCCOC(=O)C(F)(F)C(F)(F)C(F)(F)C(F)(F)C(=O)OCCCC. The molecule has 0 rings (SSSR count). The van der Waals surface area contributed by atoms with E-state index in [-0.39, 0.29) is 25.7 Å². The third-order valence-electron chi connectivity index (χ3n) is 3.16. The van der Waals surface area contributed by atoms with Crippen molar-refractivity contribution >= 4 is 11.9 Å². The minimum atomic E-state index is -6.92. The number of alkyl halides is 8. The van der Waals surface area contributed by atoms with Gasteiger partial charge in [-0.15, -0.1) is 0 Å². The van der Waals surface area contributed by atoms with E-state index in [1.165, 1.54) is 13.8 Å². The van der Waals surface area contributed by atoms with Gasteiger partial charge in [0.15, 0.2) is 0 Å². The van der Waals surface area contributed by atoms with E-state index < -0.39 is 48.8 Å². The van der Waals surface area contributed by atoms with Crippen molar-refractivity contribution in [3.05, 3.63) is 0 Å². The molecule has 4 nitrogen and oxygen atoms in total. The van der Waals surface area contributed by atoms with E-state index in [4.69, 9.17) is 0 Å². The molecule has 0 saturated carbocycles. The minimum absolute atomic E-state index is 0.0519. The highest BCUT2D eigenvalue weighted by molar-refractivity contribution is 5.82. The Bertz CT molecular complexity index is 449. The van der Waals surface area contributed by atoms with Crippen LogP contribution >= 0.6 is 0 Å². The van der Waals surface area contributed by atoms with Crippen LogP contribution in [-0.4, -0.2) is 48.8 Å². The second kappa shape index (κ2) is 8.85. The lowest BCUT2D eigenvalue weighted by molar-refractivity contribution is -0.354. The fraction of sp³-hybridized carbons (Fsp3) is 0.857. The quantitative estimate of drug-likeness (QED) is 0.295. The zero-order valence-electron chi connectivity index (χ0n) is 13.9. The summed E-state index contributed by atoms with van der Waals surface area (Å²) in [6.07, 6.45) is 0.466. The van der Waals surface area contributed by atoms with Gasteiger partial charge in [-0.1, -0.05) is 26.7 Å². The highest BCUT2D eigenvalue weighted by Gasteiger charge is 2.85. The lowest BCUT2D eigenvalue weighted by Gasteiger charge is -2.34. The molecule has 0 atom stereocenters. The Morgan fingerprint density at radius 3 is 1.15 bits per heavy atom. The Kier molecular flexibility index (Phi) is 8.30. The van der Waals surface area contributed by atoms with Gasteiger partial charge in [0.25, 0.3) is 0 Å². The van der Waals surface area contributed by atoms with E-state index in [2.05, 4.69) is 9.47 Å². The monoisotopic (exact) mass is 402 g/mol. The van der Waals surface area contributed by atoms with Gasteiger partial charge in [-0.2, -0.15) is 35.1 Å². The molecule has 0 aliphatic carbocycles. The first-order chi connectivity index (χ1) is 11.7. The molecule has 0 spiro atoms. The van der Waals surface area contributed by atoms with Crippen molar-refractivity contribution in [2.45, 2.75) is 63.2 Å². The summed E-state index contributed by atoms with van der Waals surface area (Å²) in [5.74, 6) is -32.7. The molecular formula is C14H18F8O4. The van der Waals surface area contributed by atoms with Crippen molar-refractivity contribution in [1.82, 2.24) is 0 Å². The van der Waals surface area contributed by atoms with Gasteiger partial charge in [0.05, 0.1) is 13.2 Å². The van der Waals surface area contributed by atoms with Crippen LogP contribution in [0.3, 0.4) is 0 Å². The van der Waals surface area contributed by atoms with Gasteiger partial charge in [0, 0.05) is 0 Å². The van der Waals surface area contributed by atoms with Gasteiger partial charge in [0.2, 0.25) is 0 Å². The van der Waals surface area contributed by atoms with Crippen molar-refractivity contribution in [3.8, 4) is 0 Å². The summed E-state index contributed by atoms with van der Waals surface area (Å²) in [7, 11) is 0. The van der Waals surface area contributed by atoms with Crippen molar-refractivity contribution in [1.29, 1.82) is 0 Å². The number of rotatable bonds is 11. The van der Waals surface area contributed by atoms with Crippen LogP contribution in [0.1, 0.15) is 39.5 Å². The summed E-state index contributed by atoms with van der Waals surface area (Å²) in [6, 6.07) is 0. The van der Waals surface area contributed by atoms with Crippen LogP contribution in [0.15, 0.2) is 0 Å². The Morgan fingerprint density at radius 1 is 0.654 bits per heavy atom. The molecule has 0 aliphatic heterocycles. The maximum absolute atomic E-state index is 13.5. The molecule has 154 valence electrons.